The third-order valence-corrected chi connectivity index (χ3v) is 2.84. The topological polar surface area (TPSA) is 49.6 Å². The Morgan fingerprint density at radius 3 is 2.82 bits per heavy atom. The highest BCUT2D eigenvalue weighted by Crippen LogP contribution is 2.27. The van der Waals surface area contributed by atoms with Gasteiger partial charge in [0.15, 0.2) is 0 Å². The van der Waals surface area contributed by atoms with E-state index in [9.17, 15) is 4.39 Å². The van der Waals surface area contributed by atoms with E-state index in [0.29, 0.717) is 15.7 Å². The van der Waals surface area contributed by atoms with Crippen LogP contribution in [0.1, 0.15) is 5.56 Å². The molecule has 17 heavy (non-hydrogen) atoms. The summed E-state index contributed by atoms with van der Waals surface area (Å²) in [6.45, 7) is 0. The van der Waals surface area contributed by atoms with Crippen LogP contribution >= 0.6 is 27.5 Å². The number of hydrogen-bond acceptors (Lipinski definition) is 3. The van der Waals surface area contributed by atoms with Crippen LogP contribution in [0.25, 0.3) is 11.3 Å². The molecule has 0 saturated heterocycles. The first-order chi connectivity index (χ1) is 8.11. The summed E-state index contributed by atoms with van der Waals surface area (Å²) in [6, 6.07) is 5.99. The Balaban J connectivity index is 2.58. The van der Waals surface area contributed by atoms with Crippen LogP contribution in [-0.2, 0) is 0 Å². The minimum Gasteiger partial charge on any atom is -0.225 e. The monoisotopic (exact) mass is 311 g/mol. The van der Waals surface area contributed by atoms with Gasteiger partial charge in [0, 0.05) is 11.8 Å². The zero-order chi connectivity index (χ0) is 12.4. The van der Waals surface area contributed by atoms with E-state index >= 15 is 0 Å². The molecule has 0 bridgehead atoms. The van der Waals surface area contributed by atoms with Crippen LogP contribution in [0.3, 0.4) is 0 Å². The van der Waals surface area contributed by atoms with E-state index in [1.807, 2.05) is 0 Å². The van der Waals surface area contributed by atoms with Gasteiger partial charge >= 0.3 is 0 Å². The van der Waals surface area contributed by atoms with Crippen molar-refractivity contribution in [1.82, 2.24) is 9.97 Å². The molecule has 1 aromatic carbocycles. The summed E-state index contributed by atoms with van der Waals surface area (Å²) < 4.78 is 14.1. The van der Waals surface area contributed by atoms with Gasteiger partial charge in [0.05, 0.1) is 15.7 Å². The van der Waals surface area contributed by atoms with Crippen molar-refractivity contribution >= 4 is 27.5 Å². The number of aromatic nitrogens is 2. The second-order valence-corrected chi connectivity index (χ2v) is 4.33. The van der Waals surface area contributed by atoms with Crippen molar-refractivity contribution in [1.29, 1.82) is 5.26 Å². The number of benzene rings is 1. The molecule has 84 valence electrons. The van der Waals surface area contributed by atoms with E-state index in [2.05, 4.69) is 25.9 Å². The first kappa shape index (κ1) is 12.0. The van der Waals surface area contributed by atoms with Crippen LogP contribution in [0.15, 0.2) is 28.9 Å². The first-order valence-corrected chi connectivity index (χ1v) is 5.67. The predicted octanol–water partition coefficient (Wildman–Crippen LogP) is 3.57. The zero-order valence-electron chi connectivity index (χ0n) is 8.28. The van der Waals surface area contributed by atoms with Crippen molar-refractivity contribution in [3.63, 3.8) is 0 Å². The van der Waals surface area contributed by atoms with Gasteiger partial charge in [-0.05, 0) is 39.7 Å². The lowest BCUT2D eigenvalue weighted by molar-refractivity contribution is 0.624. The fourth-order valence-electron chi connectivity index (χ4n) is 1.30. The average molecular weight is 313 g/mol. The molecule has 0 unspecified atom stereocenters. The molecular formula is C11H4BrClFN3. The second-order valence-electron chi connectivity index (χ2n) is 3.14. The molecule has 0 atom stereocenters. The lowest BCUT2D eigenvalue weighted by atomic mass is 10.1. The van der Waals surface area contributed by atoms with Gasteiger partial charge in [-0.2, -0.15) is 5.26 Å². The van der Waals surface area contributed by atoms with E-state index in [4.69, 9.17) is 16.9 Å². The van der Waals surface area contributed by atoms with E-state index in [-0.39, 0.29) is 10.8 Å². The molecule has 1 heterocycles. The molecule has 0 aliphatic heterocycles. The third-order valence-electron chi connectivity index (χ3n) is 2.08. The predicted molar refractivity (Wildman–Crippen MR) is 64.9 cm³/mol. The summed E-state index contributed by atoms with van der Waals surface area (Å²) in [4.78, 5) is 7.78. The van der Waals surface area contributed by atoms with Gasteiger partial charge in [0.2, 0.25) is 5.28 Å². The Labute approximate surface area is 110 Å². The van der Waals surface area contributed by atoms with E-state index in [0.717, 1.165) is 0 Å². The summed E-state index contributed by atoms with van der Waals surface area (Å²) in [7, 11) is 0. The second kappa shape index (κ2) is 4.78. The molecular weight excluding hydrogens is 308 g/mol. The summed E-state index contributed by atoms with van der Waals surface area (Å²) in [6.07, 6.45) is 1.49. The lowest BCUT2D eigenvalue weighted by Gasteiger charge is -2.04. The molecule has 0 saturated carbocycles. The smallest absolute Gasteiger partial charge is 0.222 e. The van der Waals surface area contributed by atoms with E-state index in [1.165, 1.54) is 18.3 Å². The average Bonchev–Trinajstić information content (AvgIpc) is 2.32. The Morgan fingerprint density at radius 1 is 1.41 bits per heavy atom. The largest absolute Gasteiger partial charge is 0.225 e. The molecule has 0 N–H and O–H groups in total. The minimum atomic E-state index is -0.591. The van der Waals surface area contributed by atoms with Crippen LogP contribution < -0.4 is 0 Å². The fourth-order valence-corrected chi connectivity index (χ4v) is 1.85. The number of rotatable bonds is 1. The van der Waals surface area contributed by atoms with Gasteiger partial charge in [0.1, 0.15) is 11.9 Å². The van der Waals surface area contributed by atoms with Crippen molar-refractivity contribution in [2.24, 2.45) is 0 Å². The van der Waals surface area contributed by atoms with Crippen molar-refractivity contribution < 1.29 is 4.39 Å². The van der Waals surface area contributed by atoms with Gasteiger partial charge in [-0.25, -0.2) is 14.4 Å². The molecule has 0 fully saturated rings. The number of nitriles is 1. The maximum Gasteiger partial charge on any atom is 0.222 e. The molecule has 1 aromatic heterocycles. The molecule has 3 nitrogen and oxygen atoms in total. The molecule has 6 heteroatoms. The Morgan fingerprint density at radius 2 is 2.18 bits per heavy atom. The van der Waals surface area contributed by atoms with Gasteiger partial charge in [-0.1, -0.05) is 6.07 Å². The van der Waals surface area contributed by atoms with Crippen LogP contribution in [0.2, 0.25) is 5.28 Å². The van der Waals surface area contributed by atoms with Crippen LogP contribution in [0.5, 0.6) is 0 Å². The summed E-state index contributed by atoms with van der Waals surface area (Å²) in [5, 5.41) is 8.71. The van der Waals surface area contributed by atoms with Gasteiger partial charge < -0.3 is 0 Å². The summed E-state index contributed by atoms with van der Waals surface area (Å²) >= 11 is 8.93. The fraction of sp³-hybridized carbons (Fsp3) is 0. The zero-order valence-corrected chi connectivity index (χ0v) is 10.6. The molecule has 0 radical (unpaired) electrons. The highest BCUT2D eigenvalue weighted by atomic mass is 79.9. The number of hydrogen-bond donors (Lipinski definition) is 0. The highest BCUT2D eigenvalue weighted by Gasteiger charge is 2.09. The molecule has 0 amide bonds. The van der Waals surface area contributed by atoms with Crippen LogP contribution in [-0.4, -0.2) is 9.97 Å². The minimum absolute atomic E-state index is 0.00924. The van der Waals surface area contributed by atoms with Crippen LogP contribution in [0, 0.1) is 17.1 Å². The van der Waals surface area contributed by atoms with Crippen LogP contribution in [0.4, 0.5) is 4.39 Å². The normalized spacial score (nSPS) is 10.0. The highest BCUT2D eigenvalue weighted by molar-refractivity contribution is 9.10. The maximum atomic E-state index is 13.5. The van der Waals surface area contributed by atoms with Gasteiger partial charge in [-0.3, -0.25) is 0 Å². The van der Waals surface area contributed by atoms with Crippen molar-refractivity contribution in [3.8, 4) is 17.3 Å². The molecule has 0 aliphatic carbocycles. The molecule has 2 aromatic rings. The number of halogens is 3. The molecule has 0 spiro atoms. The SMILES string of the molecule is N#Cc1ccc(-c2nc(Cl)ncc2Br)cc1F. The standard InChI is InChI=1S/C11H4BrClFN3/c12-8-5-16-11(13)17-10(8)6-1-2-7(4-15)9(14)3-6/h1-3,5H. The van der Waals surface area contributed by atoms with E-state index < -0.39 is 5.82 Å². The summed E-state index contributed by atoms with van der Waals surface area (Å²) in [5.74, 6) is -0.591. The number of nitrogens with zero attached hydrogens (tertiary/aromatic N) is 3. The van der Waals surface area contributed by atoms with E-state index in [1.54, 1.807) is 12.1 Å². The van der Waals surface area contributed by atoms with Crippen molar-refractivity contribution in [3.05, 3.63) is 45.5 Å². The van der Waals surface area contributed by atoms with Gasteiger partial charge in [-0.15, -0.1) is 0 Å². The summed E-state index contributed by atoms with van der Waals surface area (Å²) in [5.41, 5.74) is 0.996. The quantitative estimate of drug-likeness (QED) is 0.756. The maximum absolute atomic E-state index is 13.5. The Bertz CT molecular complexity index is 625. The lowest BCUT2D eigenvalue weighted by Crippen LogP contribution is -1.91. The van der Waals surface area contributed by atoms with Crippen molar-refractivity contribution in [2.75, 3.05) is 0 Å². The molecule has 0 aliphatic rings. The Kier molecular flexibility index (Phi) is 3.36. The Hall–Kier alpha value is -1.51. The third kappa shape index (κ3) is 2.43. The van der Waals surface area contributed by atoms with Crippen molar-refractivity contribution in [2.45, 2.75) is 0 Å². The van der Waals surface area contributed by atoms with Gasteiger partial charge in [0.25, 0.3) is 0 Å². The molecule has 2 rings (SSSR count). The first-order valence-electron chi connectivity index (χ1n) is 4.50.